The van der Waals surface area contributed by atoms with E-state index in [0.717, 1.165) is 59.6 Å². The third kappa shape index (κ3) is 4.02. The van der Waals surface area contributed by atoms with Crippen LogP contribution in [0, 0.1) is 24.7 Å². The molecule has 2 unspecified atom stereocenters. The predicted molar refractivity (Wildman–Crippen MR) is 136 cm³/mol. The molecule has 178 valence electrons. The van der Waals surface area contributed by atoms with Crippen LogP contribution in [0.25, 0.3) is 16.9 Å². The number of benzene rings is 2. The topological polar surface area (TPSA) is 47.4 Å². The summed E-state index contributed by atoms with van der Waals surface area (Å²) in [6.45, 7) is 12.0. The van der Waals surface area contributed by atoms with Gasteiger partial charge in [0.05, 0.1) is 18.5 Å². The van der Waals surface area contributed by atoms with E-state index in [4.69, 9.17) is 9.84 Å². The van der Waals surface area contributed by atoms with Gasteiger partial charge in [-0.05, 0) is 79.3 Å². The molecule has 2 atom stereocenters. The molecule has 2 aliphatic rings. The third-order valence-corrected chi connectivity index (χ3v) is 7.56. The largest absolute Gasteiger partial charge is 0.497 e. The maximum absolute atomic E-state index is 14.1. The summed E-state index contributed by atoms with van der Waals surface area (Å²) in [5.41, 5.74) is 5.96. The molecule has 5 heteroatoms. The van der Waals surface area contributed by atoms with E-state index in [1.807, 2.05) is 35.0 Å². The van der Waals surface area contributed by atoms with Crippen molar-refractivity contribution < 1.29 is 9.53 Å². The minimum atomic E-state index is 0.0778. The Morgan fingerprint density at radius 1 is 1.06 bits per heavy atom. The summed E-state index contributed by atoms with van der Waals surface area (Å²) < 4.78 is 7.29. The molecular weight excluding hydrogens is 422 g/mol. The first kappa shape index (κ1) is 22.7. The summed E-state index contributed by atoms with van der Waals surface area (Å²) in [6.07, 6.45) is 3.29. The Bertz CT molecular complexity index is 1260. The molecule has 2 bridgehead atoms. The Hall–Kier alpha value is -3.08. The molecule has 2 heterocycles. The fourth-order valence-electron chi connectivity index (χ4n) is 6.43. The van der Waals surface area contributed by atoms with Crippen molar-refractivity contribution in [1.29, 1.82) is 0 Å². The van der Waals surface area contributed by atoms with Crippen LogP contribution < -0.4 is 4.74 Å². The fourth-order valence-corrected chi connectivity index (χ4v) is 6.43. The Morgan fingerprint density at radius 2 is 1.85 bits per heavy atom. The molecule has 1 aliphatic heterocycles. The van der Waals surface area contributed by atoms with Gasteiger partial charge < -0.3 is 9.64 Å². The van der Waals surface area contributed by atoms with Gasteiger partial charge in [-0.2, -0.15) is 5.10 Å². The van der Waals surface area contributed by atoms with E-state index in [9.17, 15) is 4.79 Å². The average Bonchev–Trinajstić information content (AvgIpc) is 3.33. The summed E-state index contributed by atoms with van der Waals surface area (Å²) in [4.78, 5) is 16.3. The summed E-state index contributed by atoms with van der Waals surface area (Å²) >= 11 is 0. The number of carbonyl (C=O) groups is 1. The molecule has 0 radical (unpaired) electrons. The van der Waals surface area contributed by atoms with E-state index in [1.165, 1.54) is 0 Å². The van der Waals surface area contributed by atoms with Gasteiger partial charge in [0.25, 0.3) is 5.91 Å². The van der Waals surface area contributed by atoms with Gasteiger partial charge in [0.1, 0.15) is 11.4 Å². The van der Waals surface area contributed by atoms with Crippen molar-refractivity contribution in [2.24, 2.45) is 10.8 Å². The van der Waals surface area contributed by atoms with Crippen molar-refractivity contribution in [2.75, 3.05) is 13.7 Å². The second-order valence-electron chi connectivity index (χ2n) is 11.5. The number of hydrogen-bond acceptors (Lipinski definition) is 3. The second-order valence-corrected chi connectivity index (χ2v) is 11.5. The van der Waals surface area contributed by atoms with Crippen LogP contribution in [0.5, 0.6) is 5.75 Å². The minimum Gasteiger partial charge on any atom is -0.497 e. The van der Waals surface area contributed by atoms with Crippen molar-refractivity contribution in [3.05, 3.63) is 65.4 Å². The molecular formula is C29H35N3O2. The highest BCUT2D eigenvalue weighted by atomic mass is 16.5. The smallest absolute Gasteiger partial charge is 0.272 e. The minimum absolute atomic E-state index is 0.0778. The summed E-state index contributed by atoms with van der Waals surface area (Å²) in [7, 11) is 1.66. The summed E-state index contributed by atoms with van der Waals surface area (Å²) in [5, 5.41) is 4.97. The number of likely N-dealkylation sites (tertiary alicyclic amines) is 1. The van der Waals surface area contributed by atoms with Crippen LogP contribution in [0.3, 0.4) is 0 Å². The molecule has 2 aromatic carbocycles. The maximum Gasteiger partial charge on any atom is 0.272 e. The Balaban J connectivity index is 1.61. The molecule has 0 spiro atoms. The first-order valence-corrected chi connectivity index (χ1v) is 12.2. The zero-order valence-electron chi connectivity index (χ0n) is 21.2. The van der Waals surface area contributed by atoms with Crippen molar-refractivity contribution >= 4 is 5.91 Å². The van der Waals surface area contributed by atoms with Crippen LogP contribution in [-0.4, -0.2) is 40.3 Å². The molecule has 5 rings (SSSR count). The molecule has 1 amide bonds. The van der Waals surface area contributed by atoms with Crippen molar-refractivity contribution in [2.45, 2.75) is 59.9 Å². The van der Waals surface area contributed by atoms with E-state index < -0.39 is 0 Å². The summed E-state index contributed by atoms with van der Waals surface area (Å²) in [5.74, 6) is 0.851. The Kier molecular flexibility index (Phi) is 5.34. The molecule has 1 aliphatic carbocycles. The molecule has 2 fully saturated rings. The van der Waals surface area contributed by atoms with Gasteiger partial charge in [-0.25, -0.2) is 4.68 Å². The molecule has 1 aromatic heterocycles. The Morgan fingerprint density at radius 3 is 2.62 bits per heavy atom. The monoisotopic (exact) mass is 457 g/mol. The van der Waals surface area contributed by atoms with E-state index >= 15 is 0 Å². The fraction of sp³-hybridized carbons (Fsp3) is 0.448. The van der Waals surface area contributed by atoms with E-state index in [-0.39, 0.29) is 22.8 Å². The number of amides is 1. The second kappa shape index (κ2) is 8.00. The van der Waals surface area contributed by atoms with Gasteiger partial charge in [0, 0.05) is 18.2 Å². The number of fused-ring (bicyclic) bond motifs is 2. The zero-order valence-corrected chi connectivity index (χ0v) is 21.2. The number of ether oxygens (including phenoxy) is 1. The molecule has 3 aromatic rings. The first-order valence-electron chi connectivity index (χ1n) is 12.2. The van der Waals surface area contributed by atoms with E-state index in [0.29, 0.717) is 5.69 Å². The standard InChI is InChI=1S/C29H35N3O2/c1-19-10-11-20(2)25(12-19)32-26(14-24(30-32)21-8-7-9-23(13-21)34-6)27(33)31-18-29(5)16-22(31)15-28(3,4)17-29/h7-14,22H,15-18H2,1-6H3. The third-order valence-electron chi connectivity index (χ3n) is 7.56. The van der Waals surface area contributed by atoms with Crippen molar-refractivity contribution in [1.82, 2.24) is 14.7 Å². The molecule has 0 N–H and O–H groups in total. The predicted octanol–water partition coefficient (Wildman–Crippen LogP) is 6.21. The number of nitrogens with zero attached hydrogens (tertiary/aromatic N) is 3. The van der Waals surface area contributed by atoms with Crippen LogP contribution in [0.1, 0.15) is 61.6 Å². The Labute approximate surface area is 202 Å². The van der Waals surface area contributed by atoms with Gasteiger partial charge in [-0.15, -0.1) is 0 Å². The van der Waals surface area contributed by atoms with Crippen molar-refractivity contribution in [3.8, 4) is 22.7 Å². The molecule has 1 saturated carbocycles. The number of methoxy groups -OCH3 is 1. The highest BCUT2D eigenvalue weighted by Gasteiger charge is 2.51. The first-order chi connectivity index (χ1) is 16.1. The highest BCUT2D eigenvalue weighted by Crippen LogP contribution is 2.52. The summed E-state index contributed by atoms with van der Waals surface area (Å²) in [6, 6.07) is 16.4. The lowest BCUT2D eigenvalue weighted by Crippen LogP contribution is -2.38. The number of aromatic nitrogens is 2. The van der Waals surface area contributed by atoms with E-state index in [2.05, 4.69) is 57.7 Å². The zero-order chi connectivity index (χ0) is 24.3. The normalized spacial score (nSPS) is 23.2. The molecule has 1 saturated heterocycles. The quantitative estimate of drug-likeness (QED) is 0.468. The van der Waals surface area contributed by atoms with Gasteiger partial charge in [0.15, 0.2) is 0 Å². The van der Waals surface area contributed by atoms with Crippen LogP contribution in [0.2, 0.25) is 0 Å². The van der Waals surface area contributed by atoms with Gasteiger partial charge in [-0.1, -0.05) is 45.0 Å². The van der Waals surface area contributed by atoms with Crippen LogP contribution >= 0.6 is 0 Å². The van der Waals surface area contributed by atoms with Gasteiger partial charge >= 0.3 is 0 Å². The molecule has 34 heavy (non-hydrogen) atoms. The van der Waals surface area contributed by atoms with Crippen LogP contribution in [0.4, 0.5) is 0 Å². The van der Waals surface area contributed by atoms with Gasteiger partial charge in [-0.3, -0.25) is 4.79 Å². The number of aryl methyl sites for hydroxylation is 2. The average molecular weight is 458 g/mol. The lowest BCUT2D eigenvalue weighted by molar-refractivity contribution is 0.0699. The van der Waals surface area contributed by atoms with Crippen molar-refractivity contribution in [3.63, 3.8) is 0 Å². The molecule has 5 nitrogen and oxygen atoms in total. The van der Waals surface area contributed by atoms with Gasteiger partial charge in [0.2, 0.25) is 0 Å². The number of carbonyl (C=O) groups excluding carboxylic acids is 1. The number of hydrogen-bond donors (Lipinski definition) is 0. The van der Waals surface area contributed by atoms with Crippen LogP contribution in [-0.2, 0) is 0 Å². The lowest BCUT2D eigenvalue weighted by Gasteiger charge is -2.39. The van der Waals surface area contributed by atoms with E-state index in [1.54, 1.807) is 7.11 Å². The maximum atomic E-state index is 14.1. The lowest BCUT2D eigenvalue weighted by atomic mass is 9.65. The number of rotatable bonds is 4. The highest BCUT2D eigenvalue weighted by molar-refractivity contribution is 5.95. The SMILES string of the molecule is COc1cccc(-c2cc(C(=O)N3CC4(C)CC3CC(C)(C)C4)n(-c3cc(C)ccc3C)n2)c1. The van der Waals surface area contributed by atoms with Crippen LogP contribution in [0.15, 0.2) is 48.5 Å².